The number of nitrogens with two attached hydrogens (primary N) is 3. The maximum absolute atomic E-state index is 15.0. The average molecular weight is 1910 g/mol. The SMILES string of the molecule is N.NCCNCCN.O=S(Cl)Cl.[B].[C-]#[N+]c1cccc(-n2nc(C)cc2C(=O)Nc2cc(C(Cl)(CCC3CC3)c3ccccn3)ccc2F)c1.[C-]#[N+]c1cccc(-n2nc(C)cc2C(=O)Nc2cc(C(N)(CCC3CC3)c3ccccn3)ccc2F)c1.[C-]#[N+]c1cccc(-n2nc(C)cc2C(=O)Nc2cc(C(O)(CCC3CC3)c3ccccn3)ccc2F)c1.[Cl][Ni][Cl].[H-].[Na+]. The minimum atomic E-state index is -1.67. The number of hydrogen-bond donors (Lipinski definition) is 9. The van der Waals surface area contributed by atoms with Crippen LogP contribution in [-0.4, -0.2) is 106 Å². The molecule has 0 aliphatic heterocycles. The van der Waals surface area contributed by atoms with E-state index < -0.39 is 60.4 Å². The van der Waals surface area contributed by atoms with Gasteiger partial charge in [0.25, 0.3) is 17.7 Å². The second kappa shape index (κ2) is 50.8. The molecule has 14 N–H and O–H groups in total. The van der Waals surface area contributed by atoms with Crippen LogP contribution in [0.4, 0.5) is 47.3 Å². The number of benzene rings is 6. The van der Waals surface area contributed by atoms with E-state index in [1.807, 2.05) is 42.5 Å². The Kier molecular flexibility index (Phi) is 41.7. The Hall–Kier alpha value is -10.0. The van der Waals surface area contributed by atoms with E-state index >= 15 is 0 Å². The Morgan fingerprint density at radius 3 is 1.19 bits per heavy atom. The molecule has 128 heavy (non-hydrogen) atoms. The van der Waals surface area contributed by atoms with Gasteiger partial charge in [-0.2, -0.15) is 15.3 Å². The Morgan fingerprint density at radius 1 is 0.508 bits per heavy atom. The number of carbonyl (C=O) groups is 3. The molecule has 6 aromatic heterocycles. The van der Waals surface area contributed by atoms with E-state index in [4.69, 9.17) is 73.1 Å². The van der Waals surface area contributed by atoms with Crippen LogP contribution in [0, 0.1) is 75.7 Å². The van der Waals surface area contributed by atoms with Crippen LogP contribution in [0.1, 0.15) is 161 Å². The molecule has 12 aromatic rings. The Balaban J connectivity index is 0.000000273. The van der Waals surface area contributed by atoms with Crippen molar-refractivity contribution in [3.05, 3.63) is 338 Å². The van der Waals surface area contributed by atoms with Crippen LogP contribution >= 0.6 is 53.4 Å². The maximum atomic E-state index is 15.0. The van der Waals surface area contributed by atoms with Crippen molar-refractivity contribution in [1.29, 1.82) is 0 Å². The number of aliphatic hydroxyl groups is 1. The predicted molar refractivity (Wildman–Crippen MR) is 494 cm³/mol. The summed E-state index contributed by atoms with van der Waals surface area (Å²) in [6, 6.07) is 55.2. The molecule has 0 saturated heterocycles. The molecule has 3 unspecified atom stereocenters. The third-order valence-electron chi connectivity index (χ3n) is 20.7. The summed E-state index contributed by atoms with van der Waals surface area (Å²) in [5, 5.41) is 36.1. The molecule has 6 heterocycles. The zero-order valence-corrected chi connectivity index (χ0v) is 78.1. The second-order valence-corrected chi connectivity index (χ2v) is 34.7. The molecule has 6 aromatic carbocycles. The van der Waals surface area contributed by atoms with Crippen LogP contribution in [0.3, 0.4) is 0 Å². The van der Waals surface area contributed by atoms with Crippen molar-refractivity contribution in [3.8, 4) is 17.1 Å². The van der Waals surface area contributed by atoms with Gasteiger partial charge < -0.3 is 51.2 Å². The number of rotatable bonds is 28. The monoisotopic (exact) mass is 1900 g/mol. The van der Waals surface area contributed by atoms with Gasteiger partial charge in [0.05, 0.1) is 93.5 Å². The predicted octanol–water partition coefficient (Wildman–Crippen LogP) is 16.9. The first-order valence-electron chi connectivity index (χ1n) is 39.8. The number of halogens is 8. The van der Waals surface area contributed by atoms with Crippen molar-refractivity contribution in [2.45, 2.75) is 114 Å². The van der Waals surface area contributed by atoms with Crippen LogP contribution < -0.4 is 74.2 Å². The summed E-state index contributed by atoms with van der Waals surface area (Å²) >= 11 is 7.81. The topological polar surface area (TPSA) is 355 Å². The first-order valence-corrected chi connectivity index (χ1v) is 45.7. The molecular weight excluding hydrogens is 1810 g/mol. The van der Waals surface area contributed by atoms with Gasteiger partial charge in [0.2, 0.25) is 9.23 Å². The van der Waals surface area contributed by atoms with Gasteiger partial charge in [-0.1, -0.05) is 111 Å². The van der Waals surface area contributed by atoms with E-state index in [0.717, 1.165) is 45.2 Å². The summed E-state index contributed by atoms with van der Waals surface area (Å²) in [5.74, 6) is -1.48. The third kappa shape index (κ3) is 29.5. The van der Waals surface area contributed by atoms with E-state index in [9.17, 15) is 32.7 Å². The fourth-order valence-electron chi connectivity index (χ4n) is 13.7. The fraction of sp³-hybridized carbons (Fsp3) is 0.275. The molecule has 0 bridgehead atoms. The maximum Gasteiger partial charge on any atom is 1.00 e. The van der Waals surface area contributed by atoms with Gasteiger partial charge in [0.15, 0.2) is 17.1 Å². The van der Waals surface area contributed by atoms with Crippen molar-refractivity contribution in [1.82, 2.24) is 55.8 Å². The van der Waals surface area contributed by atoms with Crippen LogP contribution in [0.2, 0.25) is 0 Å². The minimum absolute atomic E-state index is 0. The molecule has 665 valence electrons. The van der Waals surface area contributed by atoms with Crippen molar-refractivity contribution in [2.24, 2.45) is 35.0 Å². The van der Waals surface area contributed by atoms with Crippen molar-refractivity contribution in [2.75, 3.05) is 42.1 Å². The van der Waals surface area contributed by atoms with Gasteiger partial charge in [-0.25, -0.2) is 46.0 Å². The number of amides is 3. The Bertz CT molecular complexity index is 5320. The van der Waals surface area contributed by atoms with Crippen molar-refractivity contribution in [3.63, 3.8) is 0 Å². The summed E-state index contributed by atoms with van der Waals surface area (Å²) < 4.78 is 58.3. The molecule has 3 radical (unpaired) electrons. The first kappa shape index (κ1) is 105. The first-order chi connectivity index (χ1) is 60.2. The van der Waals surface area contributed by atoms with Crippen molar-refractivity contribution >= 4 is 123 Å². The van der Waals surface area contributed by atoms with Crippen LogP contribution in [0.15, 0.2) is 219 Å². The van der Waals surface area contributed by atoms with E-state index in [1.165, 1.54) is 70.1 Å². The van der Waals surface area contributed by atoms with Gasteiger partial charge in [0.1, 0.15) is 45.0 Å². The van der Waals surface area contributed by atoms with Gasteiger partial charge in [-0.15, -0.1) is 11.6 Å². The molecule has 37 heteroatoms. The molecule has 3 aliphatic carbocycles. The summed E-state index contributed by atoms with van der Waals surface area (Å²) in [4.78, 5) is 62.8. The third-order valence-corrected chi connectivity index (χ3v) is 21.3. The van der Waals surface area contributed by atoms with Crippen LogP contribution in [0.25, 0.3) is 31.6 Å². The van der Waals surface area contributed by atoms with Crippen LogP contribution in [-0.2, 0) is 37.9 Å². The minimum Gasteiger partial charge on any atom is -1.00 e. The second-order valence-electron chi connectivity index (χ2n) is 29.9. The smallest absolute Gasteiger partial charge is 1.00 e. The molecule has 15 rings (SSSR count). The summed E-state index contributed by atoms with van der Waals surface area (Å²) in [7, 11) is 16.8. The molecule has 3 aliphatic rings. The molecular formula is C91H95BCl5F3N20NaNiO5S. The molecule has 25 nitrogen and oxygen atoms in total. The normalized spacial score (nSPS) is 13.6. The van der Waals surface area contributed by atoms with E-state index in [2.05, 4.69) is 87.4 Å². The summed E-state index contributed by atoms with van der Waals surface area (Å²) in [6.45, 7) is 30.2. The van der Waals surface area contributed by atoms with Gasteiger partial charge in [-0.3, -0.25) is 29.3 Å². The number of aromatic nitrogens is 9. The quantitative estimate of drug-likeness (QED) is 0.00723. The number of hydrogen-bond acceptors (Lipinski definition) is 16. The largest absolute Gasteiger partial charge is 1.00 e. The van der Waals surface area contributed by atoms with E-state index in [-0.39, 0.29) is 79.7 Å². The number of alkyl halides is 1. The number of carbonyl (C=O) groups excluding carboxylic acids is 3. The Morgan fingerprint density at radius 2 is 0.836 bits per heavy atom. The Labute approximate surface area is 798 Å². The molecule has 3 amide bonds. The van der Waals surface area contributed by atoms with Crippen molar-refractivity contribution < 1.29 is 80.5 Å². The number of anilines is 3. The molecule has 0 spiro atoms. The van der Waals surface area contributed by atoms with Gasteiger partial charge >= 0.3 is 62.6 Å². The number of nitrogens with one attached hydrogen (secondary N) is 4. The number of pyridine rings is 3. The summed E-state index contributed by atoms with van der Waals surface area (Å²) in [5.41, 5.74) is 24.0. The van der Waals surface area contributed by atoms with Gasteiger partial charge in [0, 0.05) is 74.5 Å². The fourth-order valence-corrected chi connectivity index (χ4v) is 14.1. The molecule has 3 saturated carbocycles. The van der Waals surface area contributed by atoms with E-state index in [0.29, 0.717) is 148 Å². The average Bonchev–Trinajstić information content (AvgIpc) is 1.48. The molecule has 3 atom stereocenters. The van der Waals surface area contributed by atoms with Gasteiger partial charge in [-0.05, 0) is 221 Å². The number of aryl methyl sites for hydroxylation is 3. The summed E-state index contributed by atoms with van der Waals surface area (Å²) in [6.07, 6.45) is 16.6. The standard InChI is InChI=1S/C29H25ClFN5O.C29H27FN6O.C29H26FN5O2.C4H13N3.B.Cl2OS.2ClH.H3N.Na.Ni.H/c1-19-16-26(36(35-19)23-7-5-6-22(18-23)32-2)28(37)34-25-17-21(11-12-24(25)31)29(30,14-13-20-9-10-20)27-8-3-4-15-33-27;1-19-16-26(36(35-19)23-7-5-6-22(18-23)32-2)28(37)34-25-17-21(11-12-24(25)30)29(31,14-13-20-9-10-20)27-8-3-4-15-33-27;1-19-16-26(35(34-19)23-7-5-6-22(18-23)31-2)28(36)33-25-17-21(11-12-24(25)30)29(37,14-13-20-9-10-20)27-8-3-4-15-32-27;5-1-3-7-4-2-6;;1-4(2)3;;;;;;/h3-8,11-12,15-18,20H,9-10,13-14H2,1H3,(H,34,37);3-8,11-12,15-18,20H,9-10,13-14,31H2,1H3,(H,34,37);3-8,11-12,15-18,20,37H,9-10,13-14H2,1H3,(H,33,36);7H,1-6H2;;;2*1H;1H3;;;/q;;;;;;;;;+1;+2;-1/p-2. The zero-order valence-electron chi connectivity index (χ0n) is 71.5. The number of nitrogens with zero attached hydrogens (tertiary/aromatic N) is 12. The van der Waals surface area contributed by atoms with Crippen LogP contribution in [0.5, 0.6) is 0 Å². The van der Waals surface area contributed by atoms with E-state index in [1.54, 1.807) is 167 Å². The zero-order chi connectivity index (χ0) is 89.8. The molecule has 3 fully saturated rings.